The monoisotopic (exact) mass is 622 g/mol. The summed E-state index contributed by atoms with van der Waals surface area (Å²) in [6, 6.07) is 1.87. The molecule has 2 amide bonds. The molecule has 2 N–H and O–H groups in total. The van der Waals surface area contributed by atoms with Crippen molar-refractivity contribution in [2.24, 2.45) is 0 Å². The van der Waals surface area contributed by atoms with E-state index < -0.39 is 24.2 Å². The van der Waals surface area contributed by atoms with Gasteiger partial charge in [0.2, 0.25) is 5.91 Å². The van der Waals surface area contributed by atoms with Gasteiger partial charge < -0.3 is 24.6 Å². The molecule has 2 aromatic heterocycles. The highest BCUT2D eigenvalue weighted by atomic mass is 32.2. The number of hydrogen-bond acceptors (Lipinski definition) is 11. The highest BCUT2D eigenvalue weighted by molar-refractivity contribution is 8.00. The van der Waals surface area contributed by atoms with E-state index in [2.05, 4.69) is 27.1 Å². The van der Waals surface area contributed by atoms with Crippen molar-refractivity contribution in [2.45, 2.75) is 64.5 Å². The minimum absolute atomic E-state index is 0.0106. The molecule has 14 heteroatoms. The Kier molecular flexibility index (Phi) is 14.5. The highest BCUT2D eigenvalue weighted by Crippen LogP contribution is 2.31. The Balaban J connectivity index is 1.78. The summed E-state index contributed by atoms with van der Waals surface area (Å²) < 4.78 is 15.8. The lowest BCUT2D eigenvalue weighted by molar-refractivity contribution is -0.140. The third-order valence-electron chi connectivity index (χ3n) is 5.10. The first-order valence-corrected chi connectivity index (χ1v) is 15.3. The highest BCUT2D eigenvalue weighted by Gasteiger charge is 2.23. The van der Waals surface area contributed by atoms with E-state index >= 15 is 0 Å². The molecular formula is C28H38N4O8S2. The predicted octanol–water partition coefficient (Wildman–Crippen LogP) is 3.63. The first kappa shape index (κ1) is 34.8. The van der Waals surface area contributed by atoms with Gasteiger partial charge in [0.25, 0.3) is 0 Å². The Morgan fingerprint density at radius 1 is 1.17 bits per heavy atom. The van der Waals surface area contributed by atoms with Gasteiger partial charge in [-0.15, -0.1) is 11.3 Å². The Morgan fingerprint density at radius 2 is 1.93 bits per heavy atom. The topological polar surface area (TPSA) is 157 Å². The van der Waals surface area contributed by atoms with Gasteiger partial charge in [0.1, 0.15) is 27.8 Å². The fourth-order valence-electron chi connectivity index (χ4n) is 3.20. The molecule has 0 bridgehead atoms. The molecule has 0 aromatic carbocycles. The number of aliphatic carboxylic acids is 1. The third kappa shape index (κ3) is 13.5. The summed E-state index contributed by atoms with van der Waals surface area (Å²) in [5.41, 5.74) is -0.757. The fourth-order valence-corrected chi connectivity index (χ4v) is 5.06. The maximum atomic E-state index is 12.2. The van der Waals surface area contributed by atoms with Crippen LogP contribution in [0.15, 0.2) is 11.1 Å². The van der Waals surface area contributed by atoms with Crippen molar-refractivity contribution in [3.63, 3.8) is 0 Å². The first-order chi connectivity index (χ1) is 19.9. The van der Waals surface area contributed by atoms with Crippen LogP contribution in [0.25, 0.3) is 10.2 Å². The van der Waals surface area contributed by atoms with Gasteiger partial charge in [-0.05, 0) is 40.2 Å². The maximum Gasteiger partial charge on any atom is 0.410 e. The molecule has 0 spiro atoms. The Morgan fingerprint density at radius 3 is 2.62 bits per heavy atom. The van der Waals surface area contributed by atoms with Crippen molar-refractivity contribution in [2.75, 3.05) is 45.2 Å². The molecule has 0 unspecified atom stereocenters. The molecule has 0 atom stereocenters. The molecule has 0 saturated heterocycles. The SMILES string of the molecule is CCCCOC(=O)CSc1nc(C)nc2sc(C#CCNC(=O)CCOCCN(CC(=O)O)C(=O)OC(C)(C)C)cc12. The van der Waals surface area contributed by atoms with Crippen molar-refractivity contribution in [1.82, 2.24) is 20.2 Å². The quantitative estimate of drug-likeness (QED) is 0.0983. The van der Waals surface area contributed by atoms with E-state index in [9.17, 15) is 19.2 Å². The number of thioether (sulfide) groups is 1. The van der Waals surface area contributed by atoms with Gasteiger partial charge in [-0.2, -0.15) is 0 Å². The number of carboxylic acids is 1. The number of carboxylic acid groups (broad SMARTS) is 1. The van der Waals surface area contributed by atoms with Crippen LogP contribution in [0.2, 0.25) is 0 Å². The summed E-state index contributed by atoms with van der Waals surface area (Å²) in [5.74, 6) is 4.98. The van der Waals surface area contributed by atoms with Crippen molar-refractivity contribution in [3.05, 3.63) is 16.8 Å². The van der Waals surface area contributed by atoms with Crippen LogP contribution in [0, 0.1) is 18.8 Å². The summed E-state index contributed by atoms with van der Waals surface area (Å²) in [5, 5.41) is 13.2. The molecule has 12 nitrogen and oxygen atoms in total. The van der Waals surface area contributed by atoms with Crippen molar-refractivity contribution >= 4 is 57.3 Å². The molecule has 0 fully saturated rings. The number of rotatable bonds is 15. The lowest BCUT2D eigenvalue weighted by Crippen LogP contribution is -2.41. The smallest absolute Gasteiger partial charge is 0.410 e. The molecule has 0 aliphatic heterocycles. The number of aromatic nitrogens is 2. The Bertz CT molecular complexity index is 1300. The lowest BCUT2D eigenvalue weighted by Gasteiger charge is -2.26. The molecule has 0 aliphatic rings. The molecule has 230 valence electrons. The molecule has 0 aliphatic carbocycles. The second-order valence-electron chi connectivity index (χ2n) is 10.0. The average Bonchev–Trinajstić information content (AvgIpc) is 3.30. The van der Waals surface area contributed by atoms with E-state index in [-0.39, 0.29) is 50.4 Å². The summed E-state index contributed by atoms with van der Waals surface area (Å²) in [4.78, 5) is 58.8. The standard InChI is InChI=1S/C28H38N4O8S2/c1-6-7-13-39-24(36)18-41-25-21-16-20(42-26(21)31-19(2)30-25)9-8-11-29-22(33)10-14-38-15-12-32(17-23(34)35)27(37)40-28(3,4)5/h16H,6-7,10-15,17-18H2,1-5H3,(H,29,33)(H,34,35). The number of unbranched alkanes of at least 4 members (excludes halogenated alkanes) is 1. The van der Waals surface area contributed by atoms with Crippen LogP contribution in [0.5, 0.6) is 0 Å². The van der Waals surface area contributed by atoms with Gasteiger partial charge in [-0.3, -0.25) is 19.3 Å². The summed E-state index contributed by atoms with van der Waals surface area (Å²) >= 11 is 2.71. The number of fused-ring (bicyclic) bond motifs is 1. The van der Waals surface area contributed by atoms with Crippen LogP contribution >= 0.6 is 23.1 Å². The van der Waals surface area contributed by atoms with E-state index in [1.165, 1.54) is 23.1 Å². The van der Waals surface area contributed by atoms with Crippen LogP contribution in [0.1, 0.15) is 57.7 Å². The van der Waals surface area contributed by atoms with E-state index in [1.807, 2.05) is 13.0 Å². The number of nitrogens with zero attached hydrogens (tertiary/aromatic N) is 3. The maximum absolute atomic E-state index is 12.2. The van der Waals surface area contributed by atoms with E-state index in [0.717, 1.165) is 32.8 Å². The second kappa shape index (κ2) is 17.5. The number of carbonyl (C=O) groups excluding carboxylic acids is 3. The van der Waals surface area contributed by atoms with Gasteiger partial charge in [0, 0.05) is 18.4 Å². The van der Waals surface area contributed by atoms with Gasteiger partial charge >= 0.3 is 18.0 Å². The first-order valence-electron chi connectivity index (χ1n) is 13.5. The molecule has 2 heterocycles. The number of hydrogen-bond donors (Lipinski definition) is 2. The van der Waals surface area contributed by atoms with E-state index in [0.29, 0.717) is 17.5 Å². The summed E-state index contributed by atoms with van der Waals surface area (Å²) in [7, 11) is 0. The number of ether oxygens (including phenoxy) is 3. The molecular weight excluding hydrogens is 584 g/mol. The van der Waals surface area contributed by atoms with Crippen LogP contribution < -0.4 is 5.32 Å². The van der Waals surface area contributed by atoms with Crippen LogP contribution in [-0.2, 0) is 28.6 Å². The van der Waals surface area contributed by atoms with Gasteiger partial charge in [-0.25, -0.2) is 14.8 Å². The van der Waals surface area contributed by atoms with Crippen LogP contribution in [0.4, 0.5) is 4.79 Å². The third-order valence-corrected chi connectivity index (χ3v) is 7.01. The van der Waals surface area contributed by atoms with Crippen LogP contribution in [-0.4, -0.2) is 94.7 Å². The van der Waals surface area contributed by atoms with Gasteiger partial charge in [-0.1, -0.05) is 36.9 Å². The zero-order chi connectivity index (χ0) is 31.1. The predicted molar refractivity (Wildman–Crippen MR) is 160 cm³/mol. The summed E-state index contributed by atoms with van der Waals surface area (Å²) in [6.07, 6.45) is 1.12. The number of amides is 2. The molecule has 0 radical (unpaired) electrons. The minimum atomic E-state index is -1.17. The van der Waals surface area contributed by atoms with E-state index in [4.69, 9.17) is 19.3 Å². The molecule has 2 aromatic rings. The molecule has 42 heavy (non-hydrogen) atoms. The van der Waals surface area contributed by atoms with Gasteiger partial charge in [0.05, 0.1) is 37.0 Å². The number of esters is 1. The van der Waals surface area contributed by atoms with Crippen molar-refractivity contribution < 1.29 is 38.5 Å². The molecule has 0 saturated carbocycles. The number of nitrogens with one attached hydrogen (secondary N) is 1. The lowest BCUT2D eigenvalue weighted by atomic mass is 10.2. The zero-order valence-corrected chi connectivity index (χ0v) is 26.2. The van der Waals surface area contributed by atoms with E-state index in [1.54, 1.807) is 27.7 Å². The second-order valence-corrected chi connectivity index (χ2v) is 12.0. The minimum Gasteiger partial charge on any atom is -0.480 e. The number of aryl methyl sites for hydroxylation is 1. The van der Waals surface area contributed by atoms with Crippen LogP contribution in [0.3, 0.4) is 0 Å². The zero-order valence-electron chi connectivity index (χ0n) is 24.6. The fraction of sp³-hybridized carbons (Fsp3) is 0.571. The Hall–Kier alpha value is -3.41. The van der Waals surface area contributed by atoms with Gasteiger partial charge in [0.15, 0.2) is 0 Å². The largest absolute Gasteiger partial charge is 0.480 e. The summed E-state index contributed by atoms with van der Waals surface area (Å²) in [6.45, 7) is 9.08. The Labute approximate surface area is 253 Å². The average molecular weight is 623 g/mol. The molecule has 2 rings (SSSR count). The number of carbonyl (C=O) groups is 4. The normalized spacial score (nSPS) is 11.0. The number of thiophene rings is 1. The van der Waals surface area contributed by atoms with Crippen molar-refractivity contribution in [3.8, 4) is 11.8 Å². The van der Waals surface area contributed by atoms with Crippen molar-refractivity contribution in [1.29, 1.82) is 0 Å².